The summed E-state index contributed by atoms with van der Waals surface area (Å²) in [7, 11) is 1.76. The van der Waals surface area contributed by atoms with Gasteiger partial charge in [-0.2, -0.15) is 0 Å². The van der Waals surface area contributed by atoms with Gasteiger partial charge in [0.25, 0.3) is 0 Å². The van der Waals surface area contributed by atoms with Gasteiger partial charge in [0.05, 0.1) is 6.26 Å². The average molecular weight is 211 g/mol. The van der Waals surface area contributed by atoms with E-state index in [9.17, 15) is 4.79 Å². The van der Waals surface area contributed by atoms with E-state index in [0.29, 0.717) is 19.4 Å². The second-order valence-electron chi connectivity index (χ2n) is 3.58. The lowest BCUT2D eigenvalue weighted by atomic mass is 10.2. The Morgan fingerprint density at radius 2 is 2.33 bits per heavy atom. The van der Waals surface area contributed by atoms with Crippen LogP contribution in [0.4, 0.5) is 0 Å². The van der Waals surface area contributed by atoms with Crippen molar-refractivity contribution in [3.8, 4) is 0 Å². The van der Waals surface area contributed by atoms with Gasteiger partial charge < -0.3 is 14.4 Å². The van der Waals surface area contributed by atoms with E-state index in [4.69, 9.17) is 9.52 Å². The topological polar surface area (TPSA) is 53.7 Å². The second-order valence-corrected chi connectivity index (χ2v) is 3.58. The molecule has 0 atom stereocenters. The predicted octanol–water partition coefficient (Wildman–Crippen LogP) is 1.32. The van der Waals surface area contributed by atoms with Crippen LogP contribution in [0.5, 0.6) is 0 Å². The van der Waals surface area contributed by atoms with Crippen LogP contribution in [-0.4, -0.2) is 29.6 Å². The fourth-order valence-corrected chi connectivity index (χ4v) is 1.34. The zero-order valence-electron chi connectivity index (χ0n) is 9.19. The first-order valence-corrected chi connectivity index (χ1v) is 5.03. The number of furan rings is 1. The highest BCUT2D eigenvalue weighted by molar-refractivity contribution is 5.75. The third-order valence-corrected chi connectivity index (χ3v) is 2.35. The number of hydrogen-bond donors (Lipinski definition) is 1. The van der Waals surface area contributed by atoms with Crippen molar-refractivity contribution >= 4 is 5.91 Å². The highest BCUT2D eigenvalue weighted by Gasteiger charge is 2.10. The highest BCUT2D eigenvalue weighted by Crippen LogP contribution is 2.11. The van der Waals surface area contributed by atoms with Crippen molar-refractivity contribution in [3.05, 3.63) is 23.7 Å². The van der Waals surface area contributed by atoms with Crippen LogP contribution >= 0.6 is 0 Å². The third kappa shape index (κ3) is 3.40. The first kappa shape index (κ1) is 11.8. The van der Waals surface area contributed by atoms with Gasteiger partial charge >= 0.3 is 0 Å². The van der Waals surface area contributed by atoms with E-state index in [1.807, 2.05) is 13.0 Å². The lowest BCUT2D eigenvalue weighted by Gasteiger charge is -2.16. The molecule has 4 heteroatoms. The fraction of sp³-hybridized carbons (Fsp3) is 0.545. The largest absolute Gasteiger partial charge is 0.469 e. The summed E-state index contributed by atoms with van der Waals surface area (Å²) in [5.74, 6) is 0.890. The highest BCUT2D eigenvalue weighted by atomic mass is 16.3. The van der Waals surface area contributed by atoms with Crippen LogP contribution in [0.1, 0.15) is 24.2 Å². The van der Waals surface area contributed by atoms with Crippen molar-refractivity contribution in [1.82, 2.24) is 4.90 Å². The molecule has 0 aliphatic rings. The number of aryl methyl sites for hydroxylation is 1. The Morgan fingerprint density at radius 3 is 2.87 bits per heavy atom. The molecule has 4 nitrogen and oxygen atoms in total. The van der Waals surface area contributed by atoms with Gasteiger partial charge in [0.15, 0.2) is 0 Å². The molecular weight excluding hydrogens is 194 g/mol. The van der Waals surface area contributed by atoms with Crippen LogP contribution in [-0.2, 0) is 11.3 Å². The van der Waals surface area contributed by atoms with Crippen LogP contribution < -0.4 is 0 Å². The molecule has 1 N–H and O–H groups in total. The van der Waals surface area contributed by atoms with Gasteiger partial charge in [0, 0.05) is 32.2 Å². The van der Waals surface area contributed by atoms with Gasteiger partial charge in [0.2, 0.25) is 5.91 Å². The van der Waals surface area contributed by atoms with Gasteiger partial charge in [0.1, 0.15) is 5.76 Å². The lowest BCUT2D eigenvalue weighted by Crippen LogP contribution is -2.26. The molecule has 1 heterocycles. The number of carbonyl (C=O) groups is 1. The van der Waals surface area contributed by atoms with E-state index in [2.05, 4.69) is 0 Å². The van der Waals surface area contributed by atoms with Gasteiger partial charge in [-0.05, 0) is 19.4 Å². The van der Waals surface area contributed by atoms with Crippen LogP contribution in [0.25, 0.3) is 0 Å². The monoisotopic (exact) mass is 211 g/mol. The van der Waals surface area contributed by atoms with E-state index < -0.39 is 0 Å². The van der Waals surface area contributed by atoms with E-state index in [0.717, 1.165) is 11.3 Å². The maximum absolute atomic E-state index is 11.5. The maximum atomic E-state index is 11.5. The Kier molecular flexibility index (Phi) is 4.37. The first-order valence-electron chi connectivity index (χ1n) is 5.03. The Balaban J connectivity index is 2.45. The molecule has 0 saturated heterocycles. The average Bonchev–Trinajstić information content (AvgIpc) is 2.61. The third-order valence-electron chi connectivity index (χ3n) is 2.35. The van der Waals surface area contributed by atoms with Gasteiger partial charge in [-0.1, -0.05) is 0 Å². The van der Waals surface area contributed by atoms with Crippen LogP contribution in [0, 0.1) is 6.92 Å². The van der Waals surface area contributed by atoms with Crippen molar-refractivity contribution in [1.29, 1.82) is 0 Å². The van der Waals surface area contributed by atoms with Crippen LogP contribution in [0.3, 0.4) is 0 Å². The lowest BCUT2D eigenvalue weighted by molar-refractivity contribution is -0.130. The molecule has 1 amide bonds. The Bertz CT molecular complexity index is 319. The van der Waals surface area contributed by atoms with Crippen molar-refractivity contribution in [2.45, 2.75) is 26.3 Å². The van der Waals surface area contributed by atoms with Crippen LogP contribution in [0.15, 0.2) is 16.7 Å². The molecule has 0 fully saturated rings. The summed E-state index contributed by atoms with van der Waals surface area (Å²) in [6, 6.07) is 1.87. The minimum atomic E-state index is 0.0460. The number of rotatable bonds is 5. The molecule has 0 bridgehead atoms. The van der Waals surface area contributed by atoms with Crippen molar-refractivity contribution in [2.75, 3.05) is 13.7 Å². The molecule has 1 aromatic rings. The number of hydrogen-bond acceptors (Lipinski definition) is 3. The summed E-state index contributed by atoms with van der Waals surface area (Å²) in [4.78, 5) is 13.2. The molecule has 0 spiro atoms. The van der Waals surface area contributed by atoms with Crippen molar-refractivity contribution in [3.63, 3.8) is 0 Å². The standard InChI is InChI=1S/C11H17NO3/c1-9-10(5-7-15-9)8-12(2)11(14)4-3-6-13/h5,7,13H,3-4,6,8H2,1-2H3. The minimum Gasteiger partial charge on any atom is -0.469 e. The van der Waals surface area contributed by atoms with Gasteiger partial charge in [-0.25, -0.2) is 0 Å². The normalized spacial score (nSPS) is 10.3. The minimum absolute atomic E-state index is 0.0460. The first-order chi connectivity index (χ1) is 7.15. The Labute approximate surface area is 89.5 Å². The number of nitrogens with zero attached hydrogens (tertiary/aromatic N) is 1. The zero-order chi connectivity index (χ0) is 11.3. The molecular formula is C11H17NO3. The summed E-state index contributed by atoms with van der Waals surface area (Å²) < 4.78 is 5.15. The summed E-state index contributed by atoms with van der Waals surface area (Å²) in [5, 5.41) is 8.61. The number of aliphatic hydroxyl groups is 1. The van der Waals surface area contributed by atoms with E-state index in [1.165, 1.54) is 0 Å². The van der Waals surface area contributed by atoms with E-state index >= 15 is 0 Å². The fourth-order valence-electron chi connectivity index (χ4n) is 1.34. The Morgan fingerprint density at radius 1 is 1.60 bits per heavy atom. The zero-order valence-corrected chi connectivity index (χ0v) is 9.19. The van der Waals surface area contributed by atoms with E-state index in [1.54, 1.807) is 18.2 Å². The predicted molar refractivity (Wildman–Crippen MR) is 56.2 cm³/mol. The number of carbonyl (C=O) groups excluding carboxylic acids is 1. The quantitative estimate of drug-likeness (QED) is 0.799. The Hall–Kier alpha value is -1.29. The molecule has 84 valence electrons. The molecule has 0 aromatic carbocycles. The van der Waals surface area contributed by atoms with Crippen LogP contribution in [0.2, 0.25) is 0 Å². The van der Waals surface area contributed by atoms with Crippen molar-refractivity contribution < 1.29 is 14.3 Å². The summed E-state index contributed by atoms with van der Waals surface area (Å²) >= 11 is 0. The molecule has 0 aliphatic carbocycles. The molecule has 0 unspecified atom stereocenters. The molecule has 1 rings (SSSR count). The van der Waals surface area contributed by atoms with Crippen molar-refractivity contribution in [2.24, 2.45) is 0 Å². The summed E-state index contributed by atoms with van der Waals surface area (Å²) in [6.07, 6.45) is 2.54. The number of aliphatic hydroxyl groups excluding tert-OH is 1. The molecule has 0 aliphatic heterocycles. The second kappa shape index (κ2) is 5.56. The van der Waals surface area contributed by atoms with Gasteiger partial charge in [-0.15, -0.1) is 0 Å². The molecule has 1 aromatic heterocycles. The molecule has 0 saturated carbocycles. The number of amides is 1. The smallest absolute Gasteiger partial charge is 0.222 e. The summed E-state index contributed by atoms with van der Waals surface area (Å²) in [6.45, 7) is 2.50. The van der Waals surface area contributed by atoms with Gasteiger partial charge in [-0.3, -0.25) is 4.79 Å². The molecule has 0 radical (unpaired) electrons. The molecule has 15 heavy (non-hydrogen) atoms. The maximum Gasteiger partial charge on any atom is 0.222 e. The van der Waals surface area contributed by atoms with E-state index in [-0.39, 0.29) is 12.5 Å². The SMILES string of the molecule is Cc1occc1CN(C)C(=O)CCCO. The summed E-state index contributed by atoms with van der Waals surface area (Å²) in [5.41, 5.74) is 1.02.